The van der Waals surface area contributed by atoms with Gasteiger partial charge < -0.3 is 9.47 Å². The fraction of sp³-hybridized carbons (Fsp3) is 0.375. The number of benzene rings is 1. The van der Waals surface area contributed by atoms with Gasteiger partial charge in [0.15, 0.2) is 5.82 Å². The van der Waals surface area contributed by atoms with E-state index >= 15 is 0 Å². The standard InChI is InChI=1S/C16H20N2O2/c1-12(2)14-10-17-16(18-11-14)13-4-6-15(7-5-13)20-9-8-19-3/h4-7,10-12H,8-9H2,1-3H3. The fourth-order valence-electron chi connectivity index (χ4n) is 1.73. The summed E-state index contributed by atoms with van der Waals surface area (Å²) in [5.74, 6) is 2.00. The Kier molecular flexibility index (Phi) is 5.07. The summed E-state index contributed by atoms with van der Waals surface area (Å²) in [6.45, 7) is 5.39. The highest BCUT2D eigenvalue weighted by atomic mass is 16.5. The third kappa shape index (κ3) is 3.78. The molecule has 0 bridgehead atoms. The molecule has 1 heterocycles. The molecule has 2 aromatic rings. The molecule has 0 unspecified atom stereocenters. The van der Waals surface area contributed by atoms with Gasteiger partial charge in [0.25, 0.3) is 0 Å². The highest BCUT2D eigenvalue weighted by Gasteiger charge is 2.04. The molecule has 0 amide bonds. The summed E-state index contributed by atoms with van der Waals surface area (Å²) in [6, 6.07) is 7.77. The van der Waals surface area contributed by atoms with Crippen LogP contribution in [0, 0.1) is 0 Å². The number of hydrogen-bond donors (Lipinski definition) is 0. The van der Waals surface area contributed by atoms with Gasteiger partial charge in [-0.05, 0) is 35.7 Å². The van der Waals surface area contributed by atoms with Crippen LogP contribution in [0.1, 0.15) is 25.3 Å². The number of rotatable bonds is 6. The molecular weight excluding hydrogens is 252 g/mol. The molecule has 0 aliphatic carbocycles. The van der Waals surface area contributed by atoms with Gasteiger partial charge in [0, 0.05) is 25.1 Å². The lowest BCUT2D eigenvalue weighted by atomic mass is 10.1. The smallest absolute Gasteiger partial charge is 0.159 e. The summed E-state index contributed by atoms with van der Waals surface area (Å²) in [5.41, 5.74) is 2.13. The lowest BCUT2D eigenvalue weighted by Gasteiger charge is -2.07. The molecule has 2 rings (SSSR count). The van der Waals surface area contributed by atoms with E-state index in [9.17, 15) is 0 Å². The largest absolute Gasteiger partial charge is 0.491 e. The molecule has 4 nitrogen and oxygen atoms in total. The lowest BCUT2D eigenvalue weighted by molar-refractivity contribution is 0.146. The van der Waals surface area contributed by atoms with Crippen molar-refractivity contribution in [3.63, 3.8) is 0 Å². The van der Waals surface area contributed by atoms with Crippen molar-refractivity contribution >= 4 is 0 Å². The van der Waals surface area contributed by atoms with E-state index in [1.165, 1.54) is 0 Å². The number of hydrogen-bond acceptors (Lipinski definition) is 4. The van der Waals surface area contributed by atoms with E-state index in [1.54, 1.807) is 7.11 Å². The van der Waals surface area contributed by atoms with Gasteiger partial charge in [-0.2, -0.15) is 0 Å². The van der Waals surface area contributed by atoms with E-state index in [2.05, 4.69) is 23.8 Å². The monoisotopic (exact) mass is 272 g/mol. The summed E-state index contributed by atoms with van der Waals surface area (Å²) in [5, 5.41) is 0. The molecule has 0 saturated heterocycles. The summed E-state index contributed by atoms with van der Waals surface area (Å²) < 4.78 is 10.5. The van der Waals surface area contributed by atoms with Gasteiger partial charge in [-0.15, -0.1) is 0 Å². The average Bonchev–Trinajstić information content (AvgIpc) is 2.48. The Hall–Kier alpha value is -1.94. The number of aromatic nitrogens is 2. The van der Waals surface area contributed by atoms with Crippen molar-refractivity contribution in [2.45, 2.75) is 19.8 Å². The maximum atomic E-state index is 5.52. The molecule has 0 aliphatic rings. The predicted molar refractivity (Wildman–Crippen MR) is 78.9 cm³/mol. The number of nitrogens with zero attached hydrogens (tertiary/aromatic N) is 2. The third-order valence-corrected chi connectivity index (χ3v) is 3.01. The first-order valence-corrected chi connectivity index (χ1v) is 6.75. The Morgan fingerprint density at radius 1 is 1.00 bits per heavy atom. The number of methoxy groups -OCH3 is 1. The van der Waals surface area contributed by atoms with Gasteiger partial charge in [0.1, 0.15) is 12.4 Å². The average molecular weight is 272 g/mol. The minimum Gasteiger partial charge on any atom is -0.491 e. The zero-order valence-electron chi connectivity index (χ0n) is 12.2. The van der Waals surface area contributed by atoms with Crippen molar-refractivity contribution in [2.75, 3.05) is 20.3 Å². The minimum atomic E-state index is 0.445. The molecule has 4 heteroatoms. The molecule has 0 aliphatic heterocycles. The Bertz CT molecular complexity index is 521. The first-order valence-electron chi connectivity index (χ1n) is 6.75. The van der Waals surface area contributed by atoms with Gasteiger partial charge in [-0.1, -0.05) is 13.8 Å². The highest BCUT2D eigenvalue weighted by Crippen LogP contribution is 2.20. The molecule has 20 heavy (non-hydrogen) atoms. The van der Waals surface area contributed by atoms with Crippen LogP contribution in [0.3, 0.4) is 0 Å². The molecule has 106 valence electrons. The van der Waals surface area contributed by atoms with Crippen LogP contribution in [0.15, 0.2) is 36.7 Å². The van der Waals surface area contributed by atoms with Gasteiger partial charge in [-0.3, -0.25) is 0 Å². The van der Waals surface area contributed by atoms with E-state index in [0.29, 0.717) is 19.1 Å². The van der Waals surface area contributed by atoms with Crippen LogP contribution in [-0.4, -0.2) is 30.3 Å². The van der Waals surface area contributed by atoms with Crippen molar-refractivity contribution in [3.05, 3.63) is 42.2 Å². The molecule has 0 atom stereocenters. The van der Waals surface area contributed by atoms with Crippen LogP contribution in [0.5, 0.6) is 5.75 Å². The van der Waals surface area contributed by atoms with Crippen molar-refractivity contribution in [3.8, 4) is 17.1 Å². The molecule has 1 aromatic carbocycles. The third-order valence-electron chi connectivity index (χ3n) is 3.01. The fourth-order valence-corrected chi connectivity index (χ4v) is 1.73. The number of ether oxygens (including phenoxy) is 2. The summed E-state index contributed by atoms with van der Waals surface area (Å²) in [4.78, 5) is 8.81. The molecule has 1 aromatic heterocycles. The SMILES string of the molecule is COCCOc1ccc(-c2ncc(C(C)C)cn2)cc1. The second kappa shape index (κ2) is 7.01. The van der Waals surface area contributed by atoms with Crippen LogP contribution in [-0.2, 0) is 4.74 Å². The summed E-state index contributed by atoms with van der Waals surface area (Å²) in [6.07, 6.45) is 3.77. The quantitative estimate of drug-likeness (QED) is 0.757. The normalized spacial score (nSPS) is 10.8. The second-order valence-electron chi connectivity index (χ2n) is 4.86. The summed E-state index contributed by atoms with van der Waals surface area (Å²) in [7, 11) is 1.66. The van der Waals surface area contributed by atoms with Crippen LogP contribution in [0.4, 0.5) is 0 Å². The molecule has 0 N–H and O–H groups in total. The maximum Gasteiger partial charge on any atom is 0.159 e. The highest BCUT2D eigenvalue weighted by molar-refractivity contribution is 5.55. The molecular formula is C16H20N2O2. The van der Waals surface area contributed by atoms with Crippen LogP contribution in [0.2, 0.25) is 0 Å². The van der Waals surface area contributed by atoms with E-state index in [4.69, 9.17) is 9.47 Å². The van der Waals surface area contributed by atoms with Gasteiger partial charge in [0.05, 0.1) is 6.61 Å². The summed E-state index contributed by atoms with van der Waals surface area (Å²) >= 11 is 0. The van der Waals surface area contributed by atoms with E-state index in [0.717, 1.165) is 22.7 Å². The van der Waals surface area contributed by atoms with Crippen molar-refractivity contribution in [1.29, 1.82) is 0 Å². The maximum absolute atomic E-state index is 5.52. The van der Waals surface area contributed by atoms with Crippen molar-refractivity contribution < 1.29 is 9.47 Å². The van der Waals surface area contributed by atoms with Gasteiger partial charge in [0.2, 0.25) is 0 Å². The van der Waals surface area contributed by atoms with Crippen molar-refractivity contribution in [1.82, 2.24) is 9.97 Å². The predicted octanol–water partition coefficient (Wildman–Crippen LogP) is 3.29. The van der Waals surface area contributed by atoms with Gasteiger partial charge >= 0.3 is 0 Å². The lowest BCUT2D eigenvalue weighted by Crippen LogP contribution is -2.04. The van der Waals surface area contributed by atoms with Crippen molar-refractivity contribution in [2.24, 2.45) is 0 Å². The van der Waals surface area contributed by atoms with Gasteiger partial charge in [-0.25, -0.2) is 9.97 Å². The minimum absolute atomic E-state index is 0.445. The first kappa shape index (κ1) is 14.5. The zero-order valence-corrected chi connectivity index (χ0v) is 12.2. The Morgan fingerprint density at radius 3 is 2.20 bits per heavy atom. The molecule has 0 saturated carbocycles. The Labute approximate surface area is 119 Å². The Morgan fingerprint density at radius 2 is 1.65 bits per heavy atom. The zero-order chi connectivity index (χ0) is 14.4. The topological polar surface area (TPSA) is 44.2 Å². The van der Waals surface area contributed by atoms with Crippen LogP contribution in [0.25, 0.3) is 11.4 Å². The van der Waals surface area contributed by atoms with E-state index < -0.39 is 0 Å². The molecule has 0 radical (unpaired) electrons. The first-order chi connectivity index (χ1) is 9.70. The Balaban J connectivity index is 2.05. The van der Waals surface area contributed by atoms with Crippen LogP contribution >= 0.6 is 0 Å². The molecule has 0 spiro atoms. The van der Waals surface area contributed by atoms with Crippen LogP contribution < -0.4 is 4.74 Å². The molecule has 0 fully saturated rings. The van der Waals surface area contributed by atoms with E-state index in [-0.39, 0.29) is 0 Å². The van der Waals surface area contributed by atoms with E-state index in [1.807, 2.05) is 36.7 Å². The second-order valence-corrected chi connectivity index (χ2v) is 4.86.